The molecule has 0 saturated heterocycles. The van der Waals surface area contributed by atoms with Crippen molar-refractivity contribution in [1.29, 1.82) is 0 Å². The van der Waals surface area contributed by atoms with Crippen LogP contribution in [-0.4, -0.2) is 12.5 Å². The van der Waals surface area contributed by atoms with Crippen LogP contribution in [0.5, 0.6) is 5.75 Å². The van der Waals surface area contributed by atoms with Gasteiger partial charge in [-0.1, -0.05) is 64.3 Å². The minimum absolute atomic E-state index is 0.0212. The van der Waals surface area contributed by atoms with Gasteiger partial charge in [0.25, 0.3) is 5.91 Å². The molecule has 1 amide bonds. The zero-order chi connectivity index (χ0) is 16.8. The average molecular weight is 397 g/mol. The Kier molecular flexibility index (Phi) is 6.48. The van der Waals surface area contributed by atoms with Gasteiger partial charge in [0.05, 0.1) is 11.1 Å². The van der Waals surface area contributed by atoms with Crippen LogP contribution in [0.25, 0.3) is 0 Å². The first-order valence-corrected chi connectivity index (χ1v) is 8.60. The van der Waals surface area contributed by atoms with Gasteiger partial charge < -0.3 is 10.1 Å². The highest BCUT2D eigenvalue weighted by Crippen LogP contribution is 2.27. The first kappa shape index (κ1) is 17.8. The summed E-state index contributed by atoms with van der Waals surface area (Å²) < 4.78 is 6.35. The molecule has 1 N–H and O–H groups in total. The van der Waals surface area contributed by atoms with Crippen molar-refractivity contribution in [3.63, 3.8) is 0 Å². The minimum Gasteiger partial charge on any atom is -0.482 e. The third-order valence-electron chi connectivity index (χ3n) is 3.48. The summed E-state index contributed by atoms with van der Waals surface area (Å²) in [6.45, 7) is 4.01. The van der Waals surface area contributed by atoms with Crippen LogP contribution >= 0.6 is 27.5 Å². The largest absolute Gasteiger partial charge is 0.482 e. The van der Waals surface area contributed by atoms with Gasteiger partial charge in [-0.3, -0.25) is 4.79 Å². The summed E-state index contributed by atoms with van der Waals surface area (Å²) >= 11 is 9.40. The lowest BCUT2D eigenvalue weighted by molar-refractivity contribution is -0.123. The second-order valence-corrected chi connectivity index (χ2v) is 6.63. The normalized spacial score (nSPS) is 11.8. The topological polar surface area (TPSA) is 38.3 Å². The molecule has 0 spiro atoms. The van der Waals surface area contributed by atoms with E-state index in [1.165, 1.54) is 5.56 Å². The van der Waals surface area contributed by atoms with Gasteiger partial charge in [0.15, 0.2) is 6.61 Å². The molecule has 122 valence electrons. The van der Waals surface area contributed by atoms with E-state index >= 15 is 0 Å². The summed E-state index contributed by atoms with van der Waals surface area (Å²) in [7, 11) is 0. The van der Waals surface area contributed by atoms with Gasteiger partial charge in [0.2, 0.25) is 0 Å². The molecule has 23 heavy (non-hydrogen) atoms. The third-order valence-corrected chi connectivity index (χ3v) is 4.26. The second kappa shape index (κ2) is 8.37. The van der Waals surface area contributed by atoms with Gasteiger partial charge in [-0.25, -0.2) is 0 Å². The number of amides is 1. The first-order valence-electron chi connectivity index (χ1n) is 7.43. The lowest BCUT2D eigenvalue weighted by Gasteiger charge is -2.18. The van der Waals surface area contributed by atoms with Crippen LogP contribution in [-0.2, 0) is 4.79 Å². The molecular weight excluding hydrogens is 378 g/mol. The van der Waals surface area contributed by atoms with Crippen LogP contribution in [0.1, 0.15) is 30.5 Å². The molecule has 0 fully saturated rings. The van der Waals surface area contributed by atoms with Gasteiger partial charge in [0.1, 0.15) is 5.75 Å². The SMILES string of the molecule is CC[C@@H](NC(=O)COc1ccc(Br)cc1Cl)c1ccc(C)cc1. The Labute approximate surface area is 150 Å². The van der Waals surface area contributed by atoms with E-state index in [-0.39, 0.29) is 18.6 Å². The monoisotopic (exact) mass is 395 g/mol. The summed E-state index contributed by atoms with van der Waals surface area (Å²) in [5.74, 6) is 0.324. The molecule has 1 atom stereocenters. The van der Waals surface area contributed by atoms with Gasteiger partial charge in [0, 0.05) is 4.47 Å². The Morgan fingerprint density at radius 3 is 2.57 bits per heavy atom. The van der Waals surface area contributed by atoms with Crippen molar-refractivity contribution in [3.8, 4) is 5.75 Å². The molecule has 0 aliphatic heterocycles. The summed E-state index contributed by atoms with van der Waals surface area (Å²) in [6, 6.07) is 13.4. The predicted molar refractivity (Wildman–Crippen MR) is 97.0 cm³/mol. The fourth-order valence-corrected chi connectivity index (χ4v) is 2.92. The number of carbonyl (C=O) groups is 1. The summed E-state index contributed by atoms with van der Waals surface area (Å²) in [4.78, 5) is 12.1. The molecular formula is C18H19BrClNO2. The van der Waals surface area contributed by atoms with E-state index in [9.17, 15) is 4.79 Å². The highest BCUT2D eigenvalue weighted by atomic mass is 79.9. The van der Waals surface area contributed by atoms with Crippen molar-refractivity contribution in [2.45, 2.75) is 26.3 Å². The van der Waals surface area contributed by atoms with Crippen LogP contribution in [0.15, 0.2) is 46.9 Å². The number of carbonyl (C=O) groups excluding carboxylic acids is 1. The Bertz CT molecular complexity index is 673. The van der Waals surface area contributed by atoms with Crippen molar-refractivity contribution in [2.75, 3.05) is 6.61 Å². The Hall–Kier alpha value is -1.52. The zero-order valence-corrected chi connectivity index (χ0v) is 15.4. The smallest absolute Gasteiger partial charge is 0.258 e. The fraction of sp³-hybridized carbons (Fsp3) is 0.278. The molecule has 0 bridgehead atoms. The Morgan fingerprint density at radius 2 is 1.96 bits per heavy atom. The molecule has 0 radical (unpaired) electrons. The van der Waals surface area contributed by atoms with Crippen molar-refractivity contribution < 1.29 is 9.53 Å². The van der Waals surface area contributed by atoms with Crippen molar-refractivity contribution in [3.05, 3.63) is 63.1 Å². The standard InChI is InChI=1S/C18H19BrClNO2/c1-3-16(13-6-4-12(2)5-7-13)21-18(22)11-23-17-9-8-14(19)10-15(17)20/h4-10,16H,3,11H2,1-2H3,(H,21,22)/t16-/m1/s1. The molecule has 0 heterocycles. The van der Waals surface area contributed by atoms with E-state index < -0.39 is 0 Å². The number of hydrogen-bond acceptors (Lipinski definition) is 2. The maximum absolute atomic E-state index is 12.1. The molecule has 2 aromatic rings. The first-order chi connectivity index (χ1) is 11.0. The van der Waals surface area contributed by atoms with Crippen LogP contribution < -0.4 is 10.1 Å². The number of rotatable bonds is 6. The van der Waals surface area contributed by atoms with Gasteiger partial charge in [-0.2, -0.15) is 0 Å². The van der Waals surface area contributed by atoms with E-state index in [1.54, 1.807) is 12.1 Å². The maximum atomic E-state index is 12.1. The molecule has 5 heteroatoms. The molecule has 0 aliphatic rings. The summed E-state index contributed by atoms with van der Waals surface area (Å²) in [6.07, 6.45) is 0.813. The van der Waals surface area contributed by atoms with Gasteiger partial charge >= 0.3 is 0 Å². The van der Waals surface area contributed by atoms with Crippen LogP contribution in [0, 0.1) is 6.92 Å². The van der Waals surface area contributed by atoms with Gasteiger partial charge in [-0.15, -0.1) is 0 Å². The van der Waals surface area contributed by atoms with Crippen molar-refractivity contribution in [2.24, 2.45) is 0 Å². The number of ether oxygens (including phenoxy) is 1. The highest BCUT2D eigenvalue weighted by Gasteiger charge is 2.13. The predicted octanol–water partition coefficient (Wildman–Crippen LogP) is 5.06. The van der Waals surface area contributed by atoms with E-state index in [2.05, 4.69) is 21.2 Å². The van der Waals surface area contributed by atoms with E-state index in [0.717, 1.165) is 16.5 Å². The Balaban J connectivity index is 1.93. The fourth-order valence-electron chi connectivity index (χ4n) is 2.19. The van der Waals surface area contributed by atoms with Crippen LogP contribution in [0.2, 0.25) is 5.02 Å². The average Bonchev–Trinajstić information content (AvgIpc) is 2.52. The molecule has 0 unspecified atom stereocenters. The highest BCUT2D eigenvalue weighted by molar-refractivity contribution is 9.10. The number of nitrogens with one attached hydrogen (secondary N) is 1. The van der Waals surface area contributed by atoms with Crippen LogP contribution in [0.3, 0.4) is 0 Å². The van der Waals surface area contributed by atoms with Crippen LogP contribution in [0.4, 0.5) is 0 Å². The van der Waals surface area contributed by atoms with E-state index in [1.807, 2.05) is 44.2 Å². The number of hydrogen-bond donors (Lipinski definition) is 1. The second-order valence-electron chi connectivity index (χ2n) is 5.30. The molecule has 0 aliphatic carbocycles. The zero-order valence-electron chi connectivity index (χ0n) is 13.1. The molecule has 3 nitrogen and oxygen atoms in total. The molecule has 0 aromatic heterocycles. The third kappa shape index (κ3) is 5.26. The van der Waals surface area contributed by atoms with Crippen molar-refractivity contribution in [1.82, 2.24) is 5.32 Å². The Morgan fingerprint density at radius 1 is 1.26 bits per heavy atom. The molecule has 2 rings (SSSR count). The quantitative estimate of drug-likeness (QED) is 0.741. The van der Waals surface area contributed by atoms with E-state index in [0.29, 0.717) is 10.8 Å². The van der Waals surface area contributed by atoms with Crippen molar-refractivity contribution >= 4 is 33.4 Å². The van der Waals surface area contributed by atoms with Gasteiger partial charge in [-0.05, 0) is 37.1 Å². The maximum Gasteiger partial charge on any atom is 0.258 e. The number of aryl methyl sites for hydroxylation is 1. The molecule has 0 saturated carbocycles. The lowest BCUT2D eigenvalue weighted by Crippen LogP contribution is -2.32. The van der Waals surface area contributed by atoms with E-state index in [4.69, 9.17) is 16.3 Å². The number of benzene rings is 2. The lowest BCUT2D eigenvalue weighted by atomic mass is 10.0. The summed E-state index contributed by atoms with van der Waals surface area (Å²) in [5.41, 5.74) is 2.29. The molecule has 2 aromatic carbocycles. The number of halogens is 2. The minimum atomic E-state index is -0.170. The summed E-state index contributed by atoms with van der Waals surface area (Å²) in [5, 5.41) is 3.46.